The molecule has 3 heterocycles. The van der Waals surface area contributed by atoms with Gasteiger partial charge in [-0.2, -0.15) is 0 Å². The lowest BCUT2D eigenvalue weighted by Gasteiger charge is -2.45. The third-order valence-corrected chi connectivity index (χ3v) is 4.46. The molecule has 4 nitrogen and oxygen atoms in total. The molecule has 2 aliphatic heterocycles. The van der Waals surface area contributed by atoms with E-state index in [2.05, 4.69) is 28.8 Å². The summed E-state index contributed by atoms with van der Waals surface area (Å²) in [5.41, 5.74) is 1.06. The molecule has 2 aliphatic rings. The first kappa shape index (κ1) is 12.2. The Morgan fingerprint density at radius 1 is 1.44 bits per heavy atom. The van der Waals surface area contributed by atoms with E-state index in [1.165, 1.54) is 32.5 Å². The molecule has 100 valence electrons. The van der Waals surface area contributed by atoms with Crippen molar-refractivity contribution in [2.75, 3.05) is 19.6 Å². The normalized spacial score (nSPS) is 29.9. The maximum absolute atomic E-state index is 4.95. The number of aromatic nitrogens is 1. The topological polar surface area (TPSA) is 32.5 Å². The van der Waals surface area contributed by atoms with Crippen LogP contribution in [-0.4, -0.2) is 46.7 Å². The predicted molar refractivity (Wildman–Crippen MR) is 70.1 cm³/mol. The van der Waals surface area contributed by atoms with Gasteiger partial charge in [-0.15, -0.1) is 0 Å². The van der Waals surface area contributed by atoms with Crippen molar-refractivity contribution in [1.29, 1.82) is 0 Å². The van der Waals surface area contributed by atoms with Crippen molar-refractivity contribution >= 4 is 0 Å². The number of nitrogens with zero attached hydrogens (tertiary/aromatic N) is 3. The lowest BCUT2D eigenvalue weighted by molar-refractivity contribution is 0.0226. The maximum Gasteiger partial charge on any atom is 0.124 e. The largest absolute Gasteiger partial charge is 0.364 e. The SMILES string of the molecule is CC(C)C1CN2CCCC2CN1Cc1ccon1. The molecule has 0 N–H and O–H groups in total. The van der Waals surface area contributed by atoms with Crippen LogP contribution in [0.15, 0.2) is 16.9 Å². The van der Waals surface area contributed by atoms with Gasteiger partial charge in [0.15, 0.2) is 0 Å². The van der Waals surface area contributed by atoms with E-state index in [0.29, 0.717) is 12.0 Å². The molecule has 0 aliphatic carbocycles. The minimum absolute atomic E-state index is 0.649. The van der Waals surface area contributed by atoms with E-state index in [4.69, 9.17) is 4.52 Å². The fourth-order valence-corrected chi connectivity index (χ4v) is 3.45. The van der Waals surface area contributed by atoms with Gasteiger partial charge in [-0.3, -0.25) is 9.80 Å². The van der Waals surface area contributed by atoms with Crippen molar-refractivity contribution < 1.29 is 4.52 Å². The molecule has 2 unspecified atom stereocenters. The molecule has 0 spiro atoms. The van der Waals surface area contributed by atoms with E-state index in [9.17, 15) is 0 Å². The van der Waals surface area contributed by atoms with Crippen LogP contribution in [0.5, 0.6) is 0 Å². The van der Waals surface area contributed by atoms with Crippen molar-refractivity contribution in [3.8, 4) is 0 Å². The van der Waals surface area contributed by atoms with Crippen LogP contribution < -0.4 is 0 Å². The molecule has 0 amide bonds. The summed E-state index contributed by atoms with van der Waals surface area (Å²) in [6, 6.07) is 3.40. The Morgan fingerprint density at radius 3 is 3.06 bits per heavy atom. The molecule has 1 aromatic heterocycles. The van der Waals surface area contributed by atoms with Gasteiger partial charge in [0.1, 0.15) is 6.26 Å². The standard InChI is InChI=1S/C14H23N3O/c1-11(2)14-10-16-6-3-4-13(16)9-17(14)8-12-5-7-18-15-12/h5,7,11,13-14H,3-4,6,8-10H2,1-2H3. The number of hydrogen-bond acceptors (Lipinski definition) is 4. The molecule has 1 aromatic rings. The zero-order valence-corrected chi connectivity index (χ0v) is 11.4. The first-order chi connectivity index (χ1) is 8.74. The van der Waals surface area contributed by atoms with Gasteiger partial charge >= 0.3 is 0 Å². The van der Waals surface area contributed by atoms with Crippen molar-refractivity contribution in [3.05, 3.63) is 18.0 Å². The number of hydrogen-bond donors (Lipinski definition) is 0. The summed E-state index contributed by atoms with van der Waals surface area (Å²) in [7, 11) is 0. The minimum atomic E-state index is 0.649. The minimum Gasteiger partial charge on any atom is -0.364 e. The van der Waals surface area contributed by atoms with Crippen LogP contribution in [0.3, 0.4) is 0 Å². The van der Waals surface area contributed by atoms with E-state index in [0.717, 1.165) is 18.3 Å². The first-order valence-electron chi connectivity index (χ1n) is 7.11. The summed E-state index contributed by atoms with van der Waals surface area (Å²) in [6.07, 6.45) is 4.40. The molecule has 2 saturated heterocycles. The molecule has 3 rings (SSSR count). The van der Waals surface area contributed by atoms with Crippen LogP contribution in [0.1, 0.15) is 32.4 Å². The number of rotatable bonds is 3. The van der Waals surface area contributed by atoms with E-state index >= 15 is 0 Å². The van der Waals surface area contributed by atoms with Gasteiger partial charge in [-0.1, -0.05) is 19.0 Å². The van der Waals surface area contributed by atoms with E-state index in [-0.39, 0.29) is 0 Å². The Bertz CT molecular complexity index is 376. The van der Waals surface area contributed by atoms with Gasteiger partial charge in [-0.25, -0.2) is 0 Å². The second-order valence-corrected chi connectivity index (χ2v) is 6.02. The Hall–Kier alpha value is -0.870. The Kier molecular flexibility index (Phi) is 3.39. The average molecular weight is 249 g/mol. The molecule has 0 aromatic carbocycles. The van der Waals surface area contributed by atoms with Crippen LogP contribution >= 0.6 is 0 Å². The van der Waals surface area contributed by atoms with Gasteiger partial charge in [0.25, 0.3) is 0 Å². The van der Waals surface area contributed by atoms with Gasteiger partial charge in [-0.05, 0) is 25.3 Å². The zero-order chi connectivity index (χ0) is 12.5. The summed E-state index contributed by atoms with van der Waals surface area (Å²) in [6.45, 7) is 9.30. The highest BCUT2D eigenvalue weighted by Crippen LogP contribution is 2.28. The quantitative estimate of drug-likeness (QED) is 0.820. The Labute approximate surface area is 109 Å². The highest BCUT2D eigenvalue weighted by Gasteiger charge is 2.37. The highest BCUT2D eigenvalue weighted by atomic mass is 16.5. The van der Waals surface area contributed by atoms with Crippen molar-refractivity contribution in [2.24, 2.45) is 5.92 Å². The zero-order valence-electron chi connectivity index (χ0n) is 11.4. The fourth-order valence-electron chi connectivity index (χ4n) is 3.45. The summed E-state index contributed by atoms with van der Waals surface area (Å²) in [5, 5.41) is 4.06. The number of fused-ring (bicyclic) bond motifs is 1. The third-order valence-electron chi connectivity index (χ3n) is 4.46. The van der Waals surface area contributed by atoms with Gasteiger partial charge in [0.2, 0.25) is 0 Å². The summed E-state index contributed by atoms with van der Waals surface area (Å²) < 4.78 is 4.95. The van der Waals surface area contributed by atoms with Crippen molar-refractivity contribution in [3.63, 3.8) is 0 Å². The average Bonchev–Trinajstić information content (AvgIpc) is 2.97. The van der Waals surface area contributed by atoms with Crippen LogP contribution in [0, 0.1) is 5.92 Å². The van der Waals surface area contributed by atoms with E-state index in [1.54, 1.807) is 6.26 Å². The highest BCUT2D eigenvalue weighted by molar-refractivity contribution is 4.99. The summed E-state index contributed by atoms with van der Waals surface area (Å²) in [5.74, 6) is 0.693. The van der Waals surface area contributed by atoms with Gasteiger partial charge < -0.3 is 4.52 Å². The molecule has 2 fully saturated rings. The summed E-state index contributed by atoms with van der Waals surface area (Å²) >= 11 is 0. The molecule has 18 heavy (non-hydrogen) atoms. The Balaban J connectivity index is 1.72. The van der Waals surface area contributed by atoms with Crippen LogP contribution in [0.2, 0.25) is 0 Å². The van der Waals surface area contributed by atoms with Gasteiger partial charge in [0, 0.05) is 37.8 Å². The predicted octanol–water partition coefficient (Wildman–Crippen LogP) is 1.98. The second kappa shape index (κ2) is 5.02. The van der Waals surface area contributed by atoms with Crippen molar-refractivity contribution in [1.82, 2.24) is 15.0 Å². The van der Waals surface area contributed by atoms with Crippen LogP contribution in [0.4, 0.5) is 0 Å². The monoisotopic (exact) mass is 249 g/mol. The first-order valence-corrected chi connectivity index (χ1v) is 7.11. The number of piperazine rings is 1. The van der Waals surface area contributed by atoms with Crippen molar-refractivity contribution in [2.45, 2.75) is 45.3 Å². The summed E-state index contributed by atoms with van der Waals surface area (Å²) in [4.78, 5) is 5.29. The lowest BCUT2D eigenvalue weighted by atomic mass is 9.97. The van der Waals surface area contributed by atoms with Gasteiger partial charge in [0.05, 0.1) is 5.69 Å². The molecular weight excluding hydrogens is 226 g/mol. The third kappa shape index (κ3) is 2.31. The van der Waals surface area contributed by atoms with Crippen LogP contribution in [0.25, 0.3) is 0 Å². The van der Waals surface area contributed by atoms with E-state index < -0.39 is 0 Å². The molecule has 0 radical (unpaired) electrons. The Morgan fingerprint density at radius 2 is 2.33 bits per heavy atom. The molecule has 0 saturated carbocycles. The molecule has 0 bridgehead atoms. The smallest absolute Gasteiger partial charge is 0.124 e. The molecule has 4 heteroatoms. The maximum atomic E-state index is 4.95. The fraction of sp³-hybridized carbons (Fsp3) is 0.786. The molecule has 2 atom stereocenters. The molecular formula is C14H23N3O. The second-order valence-electron chi connectivity index (χ2n) is 6.02. The van der Waals surface area contributed by atoms with Crippen LogP contribution in [-0.2, 0) is 6.54 Å². The van der Waals surface area contributed by atoms with E-state index in [1.807, 2.05) is 6.07 Å². The lowest BCUT2D eigenvalue weighted by Crippen LogP contribution is -2.57.